The summed E-state index contributed by atoms with van der Waals surface area (Å²) in [7, 11) is 4.13. The molecule has 1 aromatic carbocycles. The Morgan fingerprint density at radius 1 is 1.19 bits per heavy atom. The van der Waals surface area contributed by atoms with Gasteiger partial charge in [0.2, 0.25) is 5.91 Å². The number of aromatic nitrogens is 1. The number of carbonyl (C=O) groups excluding carboxylic acids is 4. The molecule has 2 fully saturated rings. The molecule has 1 saturated carbocycles. The first-order chi connectivity index (χ1) is 19.8. The topological polar surface area (TPSA) is 158 Å². The Labute approximate surface area is 243 Å². The van der Waals surface area contributed by atoms with Crippen molar-refractivity contribution >= 4 is 34.8 Å². The molecule has 3 amide bonds. The van der Waals surface area contributed by atoms with Crippen LogP contribution < -0.4 is 14.8 Å². The lowest BCUT2D eigenvalue weighted by molar-refractivity contribution is -0.147. The molecule has 0 radical (unpaired) electrons. The normalized spacial score (nSPS) is 23.4. The molecule has 0 spiro atoms. The molecule has 13 heteroatoms. The van der Waals surface area contributed by atoms with Crippen LogP contribution in [0, 0.1) is 5.92 Å². The molecule has 2 aliphatic rings. The number of methoxy groups -OCH3 is 2. The van der Waals surface area contributed by atoms with Gasteiger partial charge >= 0.3 is 18.0 Å². The third-order valence-corrected chi connectivity index (χ3v) is 7.07. The van der Waals surface area contributed by atoms with E-state index in [9.17, 15) is 19.2 Å². The molecule has 0 bridgehead atoms. The summed E-state index contributed by atoms with van der Waals surface area (Å²) in [6.45, 7) is 8.90. The lowest BCUT2D eigenvalue weighted by Gasteiger charge is -2.28. The van der Waals surface area contributed by atoms with Crippen LogP contribution >= 0.6 is 0 Å². The Balaban J connectivity index is 1.66. The van der Waals surface area contributed by atoms with Gasteiger partial charge in [0.1, 0.15) is 40.5 Å². The summed E-state index contributed by atoms with van der Waals surface area (Å²) in [5, 5.41) is 10.5. The molecule has 1 aliphatic heterocycles. The third kappa shape index (κ3) is 6.19. The predicted molar refractivity (Wildman–Crippen MR) is 150 cm³/mol. The van der Waals surface area contributed by atoms with Crippen molar-refractivity contribution in [1.29, 1.82) is 0 Å². The van der Waals surface area contributed by atoms with Gasteiger partial charge in [0.05, 0.1) is 26.3 Å². The molecule has 1 saturated heterocycles. The van der Waals surface area contributed by atoms with E-state index >= 15 is 0 Å². The first-order valence-corrected chi connectivity index (χ1v) is 13.4. The molecule has 2 heterocycles. The Morgan fingerprint density at radius 3 is 2.52 bits per heavy atom. The molecule has 2 unspecified atom stereocenters. The van der Waals surface area contributed by atoms with Gasteiger partial charge in [-0.25, -0.2) is 14.6 Å². The first kappa shape index (κ1) is 30.4. The predicted octanol–water partition coefficient (Wildman–Crippen LogP) is 3.46. The number of azo groups is 1. The van der Waals surface area contributed by atoms with Crippen molar-refractivity contribution in [3.63, 3.8) is 0 Å². The Kier molecular flexibility index (Phi) is 8.50. The van der Waals surface area contributed by atoms with Crippen molar-refractivity contribution < 1.29 is 38.1 Å². The zero-order valence-electron chi connectivity index (χ0n) is 24.5. The van der Waals surface area contributed by atoms with Gasteiger partial charge in [-0.1, -0.05) is 6.08 Å². The zero-order chi connectivity index (χ0) is 30.8. The van der Waals surface area contributed by atoms with Gasteiger partial charge in [-0.3, -0.25) is 14.5 Å². The molecular weight excluding hydrogens is 546 g/mol. The smallest absolute Gasteiger partial charge is 0.411 e. The van der Waals surface area contributed by atoms with E-state index in [1.165, 1.54) is 32.2 Å². The summed E-state index contributed by atoms with van der Waals surface area (Å²) in [6, 6.07) is 5.54. The number of ether oxygens (including phenoxy) is 4. The molecule has 42 heavy (non-hydrogen) atoms. The van der Waals surface area contributed by atoms with Crippen LogP contribution in [0.5, 0.6) is 11.5 Å². The van der Waals surface area contributed by atoms with Gasteiger partial charge in [0, 0.05) is 36.9 Å². The maximum Gasteiger partial charge on any atom is 0.411 e. The number of rotatable bonds is 8. The van der Waals surface area contributed by atoms with Crippen LogP contribution in [-0.2, 0) is 19.1 Å². The molecule has 224 valence electrons. The Hall–Kier alpha value is -4.55. The fourth-order valence-corrected chi connectivity index (χ4v) is 4.97. The summed E-state index contributed by atoms with van der Waals surface area (Å²) in [5.74, 6) is -1.28. The number of esters is 1. The second-order valence-corrected chi connectivity index (χ2v) is 11.1. The van der Waals surface area contributed by atoms with E-state index in [0.717, 1.165) is 0 Å². The van der Waals surface area contributed by atoms with E-state index in [2.05, 4.69) is 27.1 Å². The van der Waals surface area contributed by atoms with Gasteiger partial charge in [-0.15, -0.1) is 11.7 Å². The van der Waals surface area contributed by atoms with E-state index in [1.807, 2.05) is 0 Å². The molecule has 1 aliphatic carbocycles. The van der Waals surface area contributed by atoms with E-state index in [1.54, 1.807) is 45.0 Å². The van der Waals surface area contributed by atoms with E-state index in [0.29, 0.717) is 28.8 Å². The van der Waals surface area contributed by atoms with E-state index < -0.39 is 47.2 Å². The summed E-state index contributed by atoms with van der Waals surface area (Å²) < 4.78 is 22.1. The van der Waals surface area contributed by atoms with Crippen molar-refractivity contribution in [3.05, 3.63) is 42.6 Å². The highest BCUT2D eigenvalue weighted by Gasteiger charge is 2.62. The van der Waals surface area contributed by atoms with Crippen LogP contribution in [0.4, 0.5) is 4.79 Å². The minimum absolute atomic E-state index is 0.00102. The number of nitrogens with one attached hydrogen (secondary N) is 1. The SMILES string of the molecule is C=CC1C[C@]1(NC(=O)[C@@H]1CC(Oc2cc(C(=O)N=NC)nc3cc(OC)ccc23)CN1C(=O)OC(C)(C)C)C(=O)OC. The number of carbonyl (C=O) groups is 4. The number of pyridine rings is 1. The molecule has 4 atom stereocenters. The minimum Gasteiger partial charge on any atom is -0.497 e. The van der Waals surface area contributed by atoms with Crippen LogP contribution in [0.2, 0.25) is 0 Å². The van der Waals surface area contributed by atoms with Gasteiger partial charge < -0.3 is 24.3 Å². The van der Waals surface area contributed by atoms with Crippen LogP contribution in [0.3, 0.4) is 0 Å². The van der Waals surface area contributed by atoms with Gasteiger partial charge in [-0.05, 0) is 39.3 Å². The molecule has 1 aromatic heterocycles. The molecular formula is C29H35N5O8. The van der Waals surface area contributed by atoms with Gasteiger partial charge in [-0.2, -0.15) is 5.11 Å². The lowest BCUT2D eigenvalue weighted by atomic mass is 10.1. The maximum atomic E-state index is 13.6. The number of likely N-dealkylation sites (tertiary alicyclic amines) is 1. The highest BCUT2D eigenvalue weighted by atomic mass is 16.6. The Morgan fingerprint density at radius 2 is 1.93 bits per heavy atom. The van der Waals surface area contributed by atoms with Gasteiger partial charge in [0.25, 0.3) is 0 Å². The average Bonchev–Trinajstić information content (AvgIpc) is 3.49. The lowest BCUT2D eigenvalue weighted by Crippen LogP contribution is -2.53. The third-order valence-electron chi connectivity index (χ3n) is 7.07. The summed E-state index contributed by atoms with van der Waals surface area (Å²) in [4.78, 5) is 57.6. The van der Waals surface area contributed by atoms with Crippen molar-refractivity contribution in [1.82, 2.24) is 15.2 Å². The number of fused-ring (bicyclic) bond motifs is 1. The van der Waals surface area contributed by atoms with Crippen molar-refractivity contribution in [2.45, 2.75) is 56.9 Å². The molecule has 2 aromatic rings. The number of benzene rings is 1. The highest BCUT2D eigenvalue weighted by Crippen LogP contribution is 2.45. The molecule has 13 nitrogen and oxygen atoms in total. The fraction of sp³-hybridized carbons (Fsp3) is 0.483. The number of hydrogen-bond donors (Lipinski definition) is 1. The van der Waals surface area contributed by atoms with Crippen LogP contribution in [0.15, 0.2) is 47.1 Å². The quantitative estimate of drug-likeness (QED) is 0.280. The van der Waals surface area contributed by atoms with E-state index in [-0.39, 0.29) is 24.6 Å². The fourth-order valence-electron chi connectivity index (χ4n) is 4.97. The molecule has 1 N–H and O–H groups in total. The van der Waals surface area contributed by atoms with Crippen LogP contribution in [0.25, 0.3) is 10.9 Å². The van der Waals surface area contributed by atoms with Crippen molar-refractivity contribution in [2.75, 3.05) is 27.8 Å². The first-order valence-electron chi connectivity index (χ1n) is 13.4. The second-order valence-electron chi connectivity index (χ2n) is 11.1. The summed E-state index contributed by atoms with van der Waals surface area (Å²) in [6.07, 6.45) is 0.621. The number of amides is 3. The van der Waals surface area contributed by atoms with E-state index in [4.69, 9.17) is 18.9 Å². The molecule has 4 rings (SSSR count). The van der Waals surface area contributed by atoms with Gasteiger partial charge in [0.15, 0.2) is 0 Å². The zero-order valence-corrected chi connectivity index (χ0v) is 24.5. The Bertz CT molecular complexity index is 1450. The highest BCUT2D eigenvalue weighted by molar-refractivity contribution is 5.98. The number of hydrogen-bond acceptors (Lipinski definition) is 10. The summed E-state index contributed by atoms with van der Waals surface area (Å²) >= 11 is 0. The van der Waals surface area contributed by atoms with Crippen molar-refractivity contribution in [3.8, 4) is 11.5 Å². The van der Waals surface area contributed by atoms with Crippen molar-refractivity contribution in [2.24, 2.45) is 16.1 Å². The average molecular weight is 582 g/mol. The summed E-state index contributed by atoms with van der Waals surface area (Å²) in [5.41, 5.74) is -1.65. The maximum absolute atomic E-state index is 13.6. The largest absolute Gasteiger partial charge is 0.497 e. The minimum atomic E-state index is -1.24. The van der Waals surface area contributed by atoms with Crippen LogP contribution in [-0.4, -0.2) is 84.9 Å². The second kappa shape index (κ2) is 11.7. The van der Waals surface area contributed by atoms with Crippen LogP contribution in [0.1, 0.15) is 44.1 Å². The standard InChI is InChI=1S/C29H35N5O8/c1-8-16-14-29(16,26(37)40-7)32-25(36)22-12-18(15-34(22)27(38)42-28(2,3)4)41-23-13-21(24(35)33-30-5)31-20-11-17(39-6)9-10-19(20)23/h8-11,13,16,18,22H,1,12,14-15H2,2-7H3,(H,32,36)/t16?,18?,22-,29+/m0/s1. The monoisotopic (exact) mass is 581 g/mol. The number of nitrogens with zero attached hydrogens (tertiary/aromatic N) is 4.